The summed E-state index contributed by atoms with van der Waals surface area (Å²) in [5, 5.41) is 23.9. The van der Waals surface area contributed by atoms with Crippen molar-refractivity contribution in [3.8, 4) is 17.9 Å². The van der Waals surface area contributed by atoms with Gasteiger partial charge in [0.1, 0.15) is 27.9 Å². The van der Waals surface area contributed by atoms with Crippen molar-refractivity contribution in [2.75, 3.05) is 17.7 Å². The van der Waals surface area contributed by atoms with Crippen LogP contribution in [0.15, 0.2) is 29.3 Å². The Balaban J connectivity index is 1.51. The van der Waals surface area contributed by atoms with E-state index in [9.17, 15) is 15.3 Å². The zero-order valence-corrected chi connectivity index (χ0v) is 18.7. The van der Waals surface area contributed by atoms with Crippen LogP contribution in [0.1, 0.15) is 41.3 Å². The second kappa shape index (κ2) is 9.38. The average Bonchev–Trinajstić information content (AvgIpc) is 3.14. The molecule has 2 heterocycles. The minimum atomic E-state index is -0.214. The van der Waals surface area contributed by atoms with Gasteiger partial charge in [0.25, 0.3) is 0 Å². The molecule has 1 aromatic carbocycles. The molecule has 4 rings (SSSR count). The van der Waals surface area contributed by atoms with Crippen LogP contribution in [0.2, 0.25) is 0 Å². The molecular weight excluding hydrogens is 428 g/mol. The number of nitrogens with zero attached hydrogens (tertiary/aromatic N) is 3. The number of rotatable bonds is 6. The quantitative estimate of drug-likeness (QED) is 0.530. The molecule has 0 unspecified atom stereocenters. The van der Waals surface area contributed by atoms with Gasteiger partial charge in [0.05, 0.1) is 29.0 Å². The summed E-state index contributed by atoms with van der Waals surface area (Å²) in [4.78, 5) is 18.4. The molecule has 31 heavy (non-hydrogen) atoms. The standard InChI is InChI=1S/C23H20N4O2S2/c1-2-29-16-8-7-14-9-15(11-24)22(26-19(14)10-16)30-13-21(28)27-23-18(12-25)17-5-3-4-6-20(17)31-23/h7-10H,2-6,13H2,1H3,(H,27,28). The van der Waals surface area contributed by atoms with Crippen molar-refractivity contribution in [3.05, 3.63) is 45.8 Å². The molecule has 1 amide bonds. The number of thioether (sulfide) groups is 1. The van der Waals surface area contributed by atoms with E-state index < -0.39 is 0 Å². The molecule has 3 aromatic rings. The van der Waals surface area contributed by atoms with Crippen LogP contribution in [0.5, 0.6) is 5.75 Å². The molecule has 0 atom stereocenters. The van der Waals surface area contributed by atoms with Gasteiger partial charge in [-0.2, -0.15) is 10.5 Å². The average molecular weight is 449 g/mol. The monoisotopic (exact) mass is 448 g/mol. The van der Waals surface area contributed by atoms with Gasteiger partial charge in [-0.15, -0.1) is 11.3 Å². The second-order valence-corrected chi connectivity index (χ2v) is 9.17. The van der Waals surface area contributed by atoms with E-state index in [0.717, 1.165) is 36.6 Å². The molecule has 1 aliphatic rings. The summed E-state index contributed by atoms with van der Waals surface area (Å²) in [5.41, 5.74) is 2.84. The largest absolute Gasteiger partial charge is 0.494 e. The molecule has 0 saturated carbocycles. The highest BCUT2D eigenvalue weighted by atomic mass is 32.2. The Morgan fingerprint density at radius 2 is 2.10 bits per heavy atom. The van der Waals surface area contributed by atoms with Gasteiger partial charge in [-0.25, -0.2) is 4.98 Å². The van der Waals surface area contributed by atoms with Crippen LogP contribution in [0, 0.1) is 22.7 Å². The lowest BCUT2D eigenvalue weighted by molar-refractivity contribution is -0.113. The van der Waals surface area contributed by atoms with Gasteiger partial charge in [0.2, 0.25) is 5.91 Å². The number of ether oxygens (including phenoxy) is 1. The number of carbonyl (C=O) groups is 1. The lowest BCUT2D eigenvalue weighted by Gasteiger charge is -2.09. The number of fused-ring (bicyclic) bond motifs is 2. The number of hydrogen-bond donors (Lipinski definition) is 1. The lowest BCUT2D eigenvalue weighted by atomic mass is 9.96. The van der Waals surface area contributed by atoms with Gasteiger partial charge in [-0.3, -0.25) is 4.79 Å². The van der Waals surface area contributed by atoms with Crippen molar-refractivity contribution >= 4 is 44.9 Å². The fourth-order valence-corrected chi connectivity index (χ4v) is 5.66. The highest BCUT2D eigenvalue weighted by Gasteiger charge is 2.22. The Bertz CT molecular complexity index is 1240. The molecule has 0 bridgehead atoms. The SMILES string of the molecule is CCOc1ccc2cc(C#N)c(SCC(=O)Nc3sc4c(c3C#N)CCCC4)nc2c1. The number of anilines is 1. The predicted molar refractivity (Wildman–Crippen MR) is 123 cm³/mol. The number of amides is 1. The van der Waals surface area contributed by atoms with Crippen LogP contribution in [-0.2, 0) is 17.6 Å². The number of aromatic nitrogens is 1. The van der Waals surface area contributed by atoms with Crippen molar-refractivity contribution < 1.29 is 9.53 Å². The summed E-state index contributed by atoms with van der Waals surface area (Å²) in [7, 11) is 0. The first-order valence-corrected chi connectivity index (χ1v) is 11.9. The summed E-state index contributed by atoms with van der Waals surface area (Å²) >= 11 is 2.72. The molecule has 0 saturated heterocycles. The molecule has 0 fully saturated rings. The van der Waals surface area contributed by atoms with E-state index in [0.29, 0.717) is 39.0 Å². The maximum absolute atomic E-state index is 12.6. The van der Waals surface area contributed by atoms with Crippen LogP contribution >= 0.6 is 23.1 Å². The van der Waals surface area contributed by atoms with Crippen molar-refractivity contribution in [3.63, 3.8) is 0 Å². The summed E-state index contributed by atoms with van der Waals surface area (Å²) in [5.74, 6) is 0.603. The van der Waals surface area contributed by atoms with E-state index in [4.69, 9.17) is 4.74 Å². The van der Waals surface area contributed by atoms with Crippen LogP contribution in [0.25, 0.3) is 10.9 Å². The molecule has 1 aliphatic carbocycles. The molecular formula is C23H20N4O2S2. The van der Waals surface area contributed by atoms with E-state index in [1.54, 1.807) is 6.07 Å². The number of nitriles is 2. The summed E-state index contributed by atoms with van der Waals surface area (Å²) < 4.78 is 5.53. The Kier molecular flexibility index (Phi) is 6.41. The number of pyridine rings is 1. The van der Waals surface area contributed by atoms with E-state index in [1.165, 1.54) is 28.0 Å². The molecule has 1 N–H and O–H groups in total. The third-order valence-electron chi connectivity index (χ3n) is 5.06. The van der Waals surface area contributed by atoms with Gasteiger partial charge in [-0.1, -0.05) is 11.8 Å². The minimum Gasteiger partial charge on any atom is -0.494 e. The van der Waals surface area contributed by atoms with Gasteiger partial charge < -0.3 is 10.1 Å². The third-order valence-corrected chi connectivity index (χ3v) is 7.26. The van der Waals surface area contributed by atoms with Gasteiger partial charge in [0.15, 0.2) is 0 Å². The molecule has 0 radical (unpaired) electrons. The van der Waals surface area contributed by atoms with Crippen LogP contribution < -0.4 is 10.1 Å². The summed E-state index contributed by atoms with van der Waals surface area (Å²) in [6.07, 6.45) is 4.07. The van der Waals surface area contributed by atoms with Crippen LogP contribution in [0.3, 0.4) is 0 Å². The van der Waals surface area contributed by atoms with Crippen molar-refractivity contribution in [2.24, 2.45) is 0 Å². The number of hydrogen-bond acceptors (Lipinski definition) is 7. The molecule has 0 spiro atoms. The zero-order chi connectivity index (χ0) is 21.8. The number of carbonyl (C=O) groups excluding carboxylic acids is 1. The third kappa shape index (κ3) is 4.51. The van der Waals surface area contributed by atoms with Crippen LogP contribution in [-0.4, -0.2) is 23.3 Å². The fourth-order valence-electron chi connectivity index (χ4n) is 3.64. The number of benzene rings is 1. The zero-order valence-electron chi connectivity index (χ0n) is 17.0. The fraction of sp³-hybridized carbons (Fsp3) is 0.304. The maximum Gasteiger partial charge on any atom is 0.235 e. The normalized spacial score (nSPS) is 12.6. The topological polar surface area (TPSA) is 98.8 Å². The van der Waals surface area contributed by atoms with E-state index in [1.807, 2.05) is 25.1 Å². The van der Waals surface area contributed by atoms with Crippen LogP contribution in [0.4, 0.5) is 5.00 Å². The van der Waals surface area contributed by atoms with E-state index in [-0.39, 0.29) is 11.7 Å². The Morgan fingerprint density at radius 1 is 1.26 bits per heavy atom. The predicted octanol–water partition coefficient (Wildman–Crippen LogP) is 5.05. The molecule has 156 valence electrons. The molecule has 6 nitrogen and oxygen atoms in total. The Hall–Kier alpha value is -3.07. The molecule has 2 aromatic heterocycles. The van der Waals surface area contributed by atoms with Gasteiger partial charge in [0, 0.05) is 16.3 Å². The first-order chi connectivity index (χ1) is 15.1. The number of nitrogens with one attached hydrogen (secondary N) is 1. The summed E-state index contributed by atoms with van der Waals surface area (Å²) in [6, 6.07) is 11.8. The lowest BCUT2D eigenvalue weighted by Crippen LogP contribution is -2.14. The highest BCUT2D eigenvalue weighted by molar-refractivity contribution is 8.00. The Morgan fingerprint density at radius 3 is 2.87 bits per heavy atom. The smallest absolute Gasteiger partial charge is 0.235 e. The maximum atomic E-state index is 12.6. The second-order valence-electron chi connectivity index (χ2n) is 7.10. The summed E-state index contributed by atoms with van der Waals surface area (Å²) in [6.45, 7) is 2.47. The Labute approximate surface area is 188 Å². The van der Waals surface area contributed by atoms with Crippen molar-refractivity contribution in [1.82, 2.24) is 4.98 Å². The van der Waals surface area contributed by atoms with E-state index >= 15 is 0 Å². The van der Waals surface area contributed by atoms with Crippen molar-refractivity contribution in [2.45, 2.75) is 37.6 Å². The van der Waals surface area contributed by atoms with Crippen molar-refractivity contribution in [1.29, 1.82) is 10.5 Å². The first kappa shape index (κ1) is 21.2. The number of aryl methyl sites for hydroxylation is 1. The first-order valence-electron chi connectivity index (χ1n) is 10.1. The van der Waals surface area contributed by atoms with E-state index in [2.05, 4.69) is 22.4 Å². The molecule has 0 aliphatic heterocycles. The van der Waals surface area contributed by atoms with Gasteiger partial charge in [-0.05, 0) is 56.4 Å². The minimum absolute atomic E-state index is 0.103. The number of thiophene rings is 1. The molecule has 8 heteroatoms. The highest BCUT2D eigenvalue weighted by Crippen LogP contribution is 2.37. The van der Waals surface area contributed by atoms with Gasteiger partial charge >= 0.3 is 0 Å².